The molecule has 0 aromatic rings. The maximum Gasteiger partial charge on any atom is 0.00982 e. The Morgan fingerprint density at radius 2 is 1.55 bits per heavy atom. The van der Waals surface area contributed by atoms with Gasteiger partial charge in [-0.15, -0.1) is 0 Å². The molecule has 0 spiro atoms. The molecule has 0 aromatic carbocycles. The zero-order chi connectivity index (χ0) is 14.0. The van der Waals surface area contributed by atoms with Crippen LogP contribution in [0.25, 0.3) is 0 Å². The van der Waals surface area contributed by atoms with E-state index >= 15 is 0 Å². The molecule has 2 atom stereocenters. The highest BCUT2D eigenvalue weighted by Gasteiger charge is 2.45. The molecule has 2 unspecified atom stereocenters. The molecule has 0 aliphatic heterocycles. The summed E-state index contributed by atoms with van der Waals surface area (Å²) in [5, 5.41) is 4.05. The van der Waals surface area contributed by atoms with Crippen LogP contribution < -0.4 is 5.32 Å². The minimum Gasteiger partial charge on any atom is -0.313 e. The summed E-state index contributed by atoms with van der Waals surface area (Å²) in [7, 11) is 0. The fourth-order valence-corrected chi connectivity index (χ4v) is 4.99. The fraction of sp³-hybridized carbons (Fsp3) is 1.00. The van der Waals surface area contributed by atoms with Gasteiger partial charge >= 0.3 is 0 Å². The van der Waals surface area contributed by atoms with Crippen molar-refractivity contribution in [2.75, 3.05) is 6.54 Å². The third kappa shape index (κ3) is 3.24. The predicted molar refractivity (Wildman–Crippen MR) is 86.8 cm³/mol. The van der Waals surface area contributed by atoms with Gasteiger partial charge in [0.1, 0.15) is 0 Å². The molecule has 0 amide bonds. The Labute approximate surface area is 126 Å². The lowest BCUT2D eigenvalue weighted by atomic mass is 9.71. The van der Waals surface area contributed by atoms with E-state index < -0.39 is 0 Å². The van der Waals surface area contributed by atoms with Crippen molar-refractivity contribution < 1.29 is 0 Å². The second-order valence-corrected chi connectivity index (χ2v) is 8.35. The minimum absolute atomic E-state index is 0.675. The lowest BCUT2D eigenvalue weighted by Gasteiger charge is -2.40. The predicted octanol–water partition coefficient (Wildman–Crippen LogP) is 5.15. The second-order valence-electron chi connectivity index (χ2n) is 8.35. The third-order valence-electron chi connectivity index (χ3n) is 6.91. The Hall–Kier alpha value is -0.0400. The summed E-state index contributed by atoms with van der Waals surface area (Å²) in [5.74, 6) is 2.93. The highest BCUT2D eigenvalue weighted by molar-refractivity contribution is 4.99. The first-order chi connectivity index (χ1) is 9.71. The maximum absolute atomic E-state index is 4.05. The van der Waals surface area contributed by atoms with Crippen molar-refractivity contribution in [1.29, 1.82) is 0 Å². The first-order valence-electron chi connectivity index (χ1n) is 9.45. The van der Waals surface area contributed by atoms with Gasteiger partial charge in [-0.1, -0.05) is 58.8 Å². The zero-order valence-electron chi connectivity index (χ0n) is 13.8. The van der Waals surface area contributed by atoms with Crippen molar-refractivity contribution in [2.24, 2.45) is 23.2 Å². The van der Waals surface area contributed by atoms with Crippen LogP contribution in [0.1, 0.15) is 84.5 Å². The molecule has 116 valence electrons. The molecule has 1 N–H and O–H groups in total. The topological polar surface area (TPSA) is 12.0 Å². The van der Waals surface area contributed by atoms with Crippen molar-refractivity contribution in [1.82, 2.24) is 5.32 Å². The Morgan fingerprint density at radius 1 is 0.900 bits per heavy atom. The molecule has 1 nitrogen and oxygen atoms in total. The van der Waals surface area contributed by atoms with E-state index in [1.54, 1.807) is 0 Å². The van der Waals surface area contributed by atoms with Gasteiger partial charge in [0, 0.05) is 12.6 Å². The van der Waals surface area contributed by atoms with Crippen LogP contribution in [0.2, 0.25) is 0 Å². The van der Waals surface area contributed by atoms with Gasteiger partial charge in [-0.25, -0.2) is 0 Å². The highest BCUT2D eigenvalue weighted by Crippen LogP contribution is 2.51. The van der Waals surface area contributed by atoms with Gasteiger partial charge in [0.25, 0.3) is 0 Å². The fourth-order valence-electron chi connectivity index (χ4n) is 4.99. The van der Waals surface area contributed by atoms with Gasteiger partial charge in [0.05, 0.1) is 0 Å². The molecule has 0 bridgehead atoms. The summed E-state index contributed by atoms with van der Waals surface area (Å²) in [6.45, 7) is 6.15. The van der Waals surface area contributed by atoms with Crippen LogP contribution in [0.3, 0.4) is 0 Å². The maximum atomic E-state index is 4.05. The number of hydrogen-bond acceptors (Lipinski definition) is 1. The number of rotatable bonds is 5. The van der Waals surface area contributed by atoms with Crippen molar-refractivity contribution in [3.8, 4) is 0 Å². The smallest absolute Gasteiger partial charge is 0.00982 e. The van der Waals surface area contributed by atoms with Crippen LogP contribution in [-0.4, -0.2) is 12.6 Å². The van der Waals surface area contributed by atoms with Gasteiger partial charge < -0.3 is 5.32 Å². The minimum atomic E-state index is 0.675. The Morgan fingerprint density at radius 3 is 2.20 bits per heavy atom. The summed E-state index contributed by atoms with van der Waals surface area (Å²) in [6.07, 6.45) is 16.4. The molecule has 0 heterocycles. The molecule has 0 saturated heterocycles. The van der Waals surface area contributed by atoms with E-state index in [0.29, 0.717) is 5.41 Å². The van der Waals surface area contributed by atoms with Gasteiger partial charge in [0.2, 0.25) is 0 Å². The molecular formula is C19H35N. The van der Waals surface area contributed by atoms with Crippen molar-refractivity contribution in [2.45, 2.75) is 90.5 Å². The van der Waals surface area contributed by atoms with Crippen LogP contribution in [0.15, 0.2) is 0 Å². The number of nitrogens with one attached hydrogen (secondary N) is 1. The van der Waals surface area contributed by atoms with Crippen LogP contribution in [0, 0.1) is 23.2 Å². The Balaban J connectivity index is 1.55. The second kappa shape index (κ2) is 6.38. The average Bonchev–Trinajstić information content (AvgIpc) is 3.28. The van der Waals surface area contributed by atoms with Crippen molar-refractivity contribution in [3.05, 3.63) is 0 Å². The van der Waals surface area contributed by atoms with Crippen molar-refractivity contribution in [3.63, 3.8) is 0 Å². The van der Waals surface area contributed by atoms with Gasteiger partial charge in [-0.2, -0.15) is 0 Å². The van der Waals surface area contributed by atoms with E-state index in [9.17, 15) is 0 Å². The van der Waals surface area contributed by atoms with Crippen molar-refractivity contribution >= 4 is 0 Å². The number of hydrogen-bond donors (Lipinski definition) is 1. The zero-order valence-corrected chi connectivity index (χ0v) is 13.8. The molecule has 1 heteroatoms. The summed E-state index contributed by atoms with van der Waals surface area (Å²) in [5.41, 5.74) is 0.675. The van der Waals surface area contributed by atoms with Crippen LogP contribution in [-0.2, 0) is 0 Å². The van der Waals surface area contributed by atoms with Gasteiger partial charge in [0.15, 0.2) is 0 Å². The molecule has 3 aliphatic rings. The molecule has 3 rings (SSSR count). The highest BCUT2D eigenvalue weighted by atomic mass is 14.9. The Bertz CT molecular complexity index is 299. The van der Waals surface area contributed by atoms with E-state index in [0.717, 1.165) is 23.8 Å². The van der Waals surface area contributed by atoms with Crippen LogP contribution in [0.5, 0.6) is 0 Å². The molecule has 3 fully saturated rings. The molecule has 20 heavy (non-hydrogen) atoms. The average molecular weight is 277 g/mol. The molecule has 3 aliphatic carbocycles. The summed E-state index contributed by atoms with van der Waals surface area (Å²) < 4.78 is 0. The standard InChI is InChI=1S/C19H35N/c1-15(2)19(12-13-19)14-20-18-11-7-6-10-17(18)16-8-4-3-5-9-16/h15-18,20H,3-14H2,1-2H3. The molecule has 0 aromatic heterocycles. The largest absolute Gasteiger partial charge is 0.313 e. The molecule has 0 radical (unpaired) electrons. The quantitative estimate of drug-likeness (QED) is 0.732. The normalized spacial score (nSPS) is 34.4. The van der Waals surface area contributed by atoms with Crippen LogP contribution in [0.4, 0.5) is 0 Å². The van der Waals surface area contributed by atoms with E-state index in [1.165, 1.54) is 77.2 Å². The lowest BCUT2D eigenvalue weighted by Crippen LogP contribution is -2.45. The van der Waals surface area contributed by atoms with Gasteiger partial charge in [-0.3, -0.25) is 0 Å². The first-order valence-corrected chi connectivity index (χ1v) is 9.45. The lowest BCUT2D eigenvalue weighted by molar-refractivity contribution is 0.142. The SMILES string of the molecule is CC(C)C1(CNC2CCCCC2C2CCCCC2)CC1. The summed E-state index contributed by atoms with van der Waals surface area (Å²) >= 11 is 0. The molecular weight excluding hydrogens is 242 g/mol. The van der Waals surface area contributed by atoms with Gasteiger partial charge in [-0.05, 0) is 48.9 Å². The Kier molecular flexibility index (Phi) is 4.75. The summed E-state index contributed by atoms with van der Waals surface area (Å²) in [4.78, 5) is 0. The van der Waals surface area contributed by atoms with E-state index in [2.05, 4.69) is 19.2 Å². The van der Waals surface area contributed by atoms with Crippen LogP contribution >= 0.6 is 0 Å². The van der Waals surface area contributed by atoms with E-state index in [-0.39, 0.29) is 0 Å². The third-order valence-corrected chi connectivity index (χ3v) is 6.91. The summed E-state index contributed by atoms with van der Waals surface area (Å²) in [6, 6.07) is 0.850. The first kappa shape index (κ1) is 14.9. The van der Waals surface area contributed by atoms with E-state index in [4.69, 9.17) is 0 Å². The van der Waals surface area contributed by atoms with E-state index in [1.807, 2.05) is 0 Å². The molecule has 3 saturated carbocycles. The monoisotopic (exact) mass is 277 g/mol.